The third kappa shape index (κ3) is 2.01. The van der Waals surface area contributed by atoms with Crippen molar-refractivity contribution in [2.75, 3.05) is 7.11 Å². The first kappa shape index (κ1) is 16.1. The molecule has 0 aliphatic carbocycles. The Morgan fingerprint density at radius 1 is 1.08 bits per heavy atom. The highest BCUT2D eigenvalue weighted by Crippen LogP contribution is 2.39. The summed E-state index contributed by atoms with van der Waals surface area (Å²) < 4.78 is 12.8. The molecule has 1 aliphatic heterocycles. The molecule has 0 atom stereocenters. The lowest BCUT2D eigenvalue weighted by Gasteiger charge is -2.15. The van der Waals surface area contributed by atoms with Gasteiger partial charge in [-0.2, -0.15) is 0 Å². The van der Waals surface area contributed by atoms with Gasteiger partial charge in [0.05, 0.1) is 23.8 Å². The van der Waals surface area contributed by atoms with Crippen LogP contribution in [-0.4, -0.2) is 27.2 Å². The number of carbonyl (C=O) groups is 1. The van der Waals surface area contributed by atoms with E-state index in [0.717, 1.165) is 4.57 Å². The van der Waals surface area contributed by atoms with Gasteiger partial charge < -0.3 is 9.47 Å². The molecule has 0 N–H and O–H groups in total. The van der Waals surface area contributed by atoms with Gasteiger partial charge in [-0.1, -0.05) is 18.2 Å². The first-order valence-electron chi connectivity index (χ1n) is 7.88. The van der Waals surface area contributed by atoms with E-state index in [1.165, 1.54) is 25.8 Å². The number of carbonyl (C=O) groups excluding carboxylic acids is 1. The van der Waals surface area contributed by atoms with Gasteiger partial charge in [-0.25, -0.2) is 14.6 Å². The lowest BCUT2D eigenvalue weighted by Crippen LogP contribution is -2.37. The molecule has 1 aliphatic rings. The number of ether oxygens (including phenoxy) is 2. The Balaban J connectivity index is 2.32. The van der Waals surface area contributed by atoms with Gasteiger partial charge >= 0.3 is 11.7 Å². The molecule has 0 bridgehead atoms. The molecule has 0 spiro atoms. The summed E-state index contributed by atoms with van der Waals surface area (Å²) in [6, 6.07) is 7.06. The number of hydrogen-bond acceptors (Lipinski definition) is 6. The number of benzene rings is 1. The summed E-state index contributed by atoms with van der Waals surface area (Å²) in [5.74, 6) is -0.0518. The van der Waals surface area contributed by atoms with Crippen molar-refractivity contribution >= 4 is 17.0 Å². The largest absolute Gasteiger partial charge is 0.496 e. The summed E-state index contributed by atoms with van der Waals surface area (Å²) in [5, 5.41) is 0.178. The van der Waals surface area contributed by atoms with Gasteiger partial charge in [0.1, 0.15) is 18.0 Å². The van der Waals surface area contributed by atoms with E-state index in [2.05, 4.69) is 4.98 Å². The van der Waals surface area contributed by atoms with Crippen molar-refractivity contribution in [2.45, 2.75) is 6.61 Å². The zero-order chi connectivity index (χ0) is 18.6. The number of pyridine rings is 1. The van der Waals surface area contributed by atoms with E-state index >= 15 is 0 Å². The van der Waals surface area contributed by atoms with Crippen LogP contribution in [0.4, 0.5) is 0 Å². The second-order valence-electron chi connectivity index (χ2n) is 5.99. The summed E-state index contributed by atoms with van der Waals surface area (Å²) in [6.07, 6.45) is 0. The Morgan fingerprint density at radius 3 is 2.54 bits per heavy atom. The Labute approximate surface area is 147 Å². The maximum Gasteiger partial charge on any atom is 0.341 e. The highest BCUT2D eigenvalue weighted by Gasteiger charge is 2.32. The van der Waals surface area contributed by atoms with Crippen molar-refractivity contribution in [2.24, 2.45) is 14.1 Å². The average molecular weight is 353 g/mol. The number of para-hydroxylation sites is 1. The van der Waals surface area contributed by atoms with Gasteiger partial charge in [0.2, 0.25) is 0 Å². The standard InChI is InChI=1S/C18H15N3O5/c1-20-15-14(16(22)21(2)18(20)24)12(9-6-4-5-7-11(9)25-3)13-10(19-15)8-26-17(13)23/h4-7H,8H2,1-3H3. The summed E-state index contributed by atoms with van der Waals surface area (Å²) in [5.41, 5.74) is 0.750. The van der Waals surface area contributed by atoms with E-state index < -0.39 is 17.2 Å². The molecule has 3 aromatic rings. The SMILES string of the molecule is COc1ccccc1-c1c2c(nc3c1c(=O)n(C)c(=O)n3C)COC2=O. The van der Waals surface area contributed by atoms with E-state index in [4.69, 9.17) is 9.47 Å². The Bertz CT molecular complexity index is 1210. The van der Waals surface area contributed by atoms with Gasteiger partial charge in [0, 0.05) is 25.2 Å². The van der Waals surface area contributed by atoms with Crippen molar-refractivity contribution in [3.63, 3.8) is 0 Å². The zero-order valence-electron chi connectivity index (χ0n) is 14.4. The van der Waals surface area contributed by atoms with Crippen LogP contribution >= 0.6 is 0 Å². The number of esters is 1. The minimum atomic E-state index is -0.550. The van der Waals surface area contributed by atoms with Crippen LogP contribution in [0.5, 0.6) is 5.75 Å². The smallest absolute Gasteiger partial charge is 0.341 e. The van der Waals surface area contributed by atoms with Crippen molar-refractivity contribution in [3.05, 3.63) is 56.4 Å². The third-order valence-electron chi connectivity index (χ3n) is 4.58. The maximum atomic E-state index is 12.9. The van der Waals surface area contributed by atoms with Gasteiger partial charge in [-0.15, -0.1) is 0 Å². The molecule has 132 valence electrons. The van der Waals surface area contributed by atoms with E-state index in [0.29, 0.717) is 22.6 Å². The molecule has 0 radical (unpaired) electrons. The van der Waals surface area contributed by atoms with E-state index in [-0.39, 0.29) is 23.2 Å². The Kier molecular flexibility index (Phi) is 3.43. The number of methoxy groups -OCH3 is 1. The number of aryl methyl sites for hydroxylation is 1. The normalized spacial score (nSPS) is 13.0. The van der Waals surface area contributed by atoms with Crippen LogP contribution in [0.2, 0.25) is 0 Å². The number of rotatable bonds is 2. The molecule has 0 unspecified atom stereocenters. The topological polar surface area (TPSA) is 92.4 Å². The van der Waals surface area contributed by atoms with E-state index in [1.807, 2.05) is 0 Å². The summed E-state index contributed by atoms with van der Waals surface area (Å²) >= 11 is 0. The van der Waals surface area contributed by atoms with Gasteiger partial charge in [-0.3, -0.25) is 13.9 Å². The van der Waals surface area contributed by atoms with Crippen LogP contribution in [0, 0.1) is 0 Å². The molecule has 3 heterocycles. The molecule has 2 aromatic heterocycles. The zero-order valence-corrected chi connectivity index (χ0v) is 14.4. The lowest BCUT2D eigenvalue weighted by molar-refractivity contribution is 0.0534. The molecule has 0 amide bonds. The first-order valence-corrected chi connectivity index (χ1v) is 7.88. The van der Waals surface area contributed by atoms with Crippen LogP contribution in [-0.2, 0) is 25.4 Å². The molecule has 8 heteroatoms. The molecule has 0 fully saturated rings. The molecule has 26 heavy (non-hydrogen) atoms. The number of cyclic esters (lactones) is 1. The summed E-state index contributed by atoms with van der Waals surface area (Å²) in [6.45, 7) is -0.00431. The molecule has 4 rings (SSSR count). The van der Waals surface area contributed by atoms with Crippen LogP contribution in [0.15, 0.2) is 33.9 Å². The van der Waals surface area contributed by atoms with Gasteiger partial charge in [-0.05, 0) is 6.07 Å². The van der Waals surface area contributed by atoms with Crippen LogP contribution in [0.3, 0.4) is 0 Å². The fourth-order valence-electron chi connectivity index (χ4n) is 3.29. The Hall–Kier alpha value is -3.42. The van der Waals surface area contributed by atoms with E-state index in [1.54, 1.807) is 24.3 Å². The monoisotopic (exact) mass is 353 g/mol. The van der Waals surface area contributed by atoms with Crippen molar-refractivity contribution in [1.82, 2.24) is 14.1 Å². The average Bonchev–Trinajstić information content (AvgIpc) is 3.03. The minimum Gasteiger partial charge on any atom is -0.496 e. The van der Waals surface area contributed by atoms with Crippen molar-refractivity contribution in [1.29, 1.82) is 0 Å². The first-order chi connectivity index (χ1) is 12.5. The highest BCUT2D eigenvalue weighted by molar-refractivity contribution is 6.09. The van der Waals surface area contributed by atoms with Crippen molar-refractivity contribution < 1.29 is 14.3 Å². The second kappa shape index (κ2) is 5.55. The van der Waals surface area contributed by atoms with Crippen molar-refractivity contribution in [3.8, 4) is 16.9 Å². The quantitative estimate of drug-likeness (QED) is 0.638. The molecular weight excluding hydrogens is 338 g/mol. The Morgan fingerprint density at radius 2 is 1.81 bits per heavy atom. The van der Waals surface area contributed by atoms with Crippen LogP contribution in [0.1, 0.15) is 16.1 Å². The second-order valence-corrected chi connectivity index (χ2v) is 5.99. The molecule has 0 saturated carbocycles. The molecule has 8 nitrogen and oxygen atoms in total. The molecular formula is C18H15N3O5. The molecule has 1 aromatic carbocycles. The maximum absolute atomic E-state index is 12.9. The van der Waals surface area contributed by atoms with Gasteiger partial charge in [0.25, 0.3) is 5.56 Å². The summed E-state index contributed by atoms with van der Waals surface area (Å²) in [4.78, 5) is 42.0. The number of hydrogen-bond donors (Lipinski definition) is 0. The fourth-order valence-corrected chi connectivity index (χ4v) is 3.29. The third-order valence-corrected chi connectivity index (χ3v) is 4.58. The van der Waals surface area contributed by atoms with Crippen LogP contribution < -0.4 is 16.0 Å². The minimum absolute atomic E-state index is 0.00431. The number of nitrogens with zero attached hydrogens (tertiary/aromatic N) is 3. The predicted octanol–water partition coefficient (Wildman–Crippen LogP) is 0.978. The summed E-state index contributed by atoms with van der Waals surface area (Å²) in [7, 11) is 4.43. The fraction of sp³-hybridized carbons (Fsp3) is 0.222. The van der Waals surface area contributed by atoms with E-state index in [9.17, 15) is 14.4 Å². The number of fused-ring (bicyclic) bond motifs is 2. The number of aromatic nitrogens is 3. The highest BCUT2D eigenvalue weighted by atomic mass is 16.5. The predicted molar refractivity (Wildman–Crippen MR) is 93.3 cm³/mol. The lowest BCUT2D eigenvalue weighted by atomic mass is 9.95. The molecule has 0 saturated heterocycles. The van der Waals surface area contributed by atoms with Gasteiger partial charge in [0.15, 0.2) is 0 Å². The van der Waals surface area contributed by atoms with Crippen LogP contribution in [0.25, 0.3) is 22.2 Å².